The van der Waals surface area contributed by atoms with E-state index >= 15 is 0 Å². The minimum atomic E-state index is -0.0379. The summed E-state index contributed by atoms with van der Waals surface area (Å²) in [5.74, 6) is 0.784. The van der Waals surface area contributed by atoms with Gasteiger partial charge in [-0.15, -0.1) is 0 Å². The standard InChI is InChI=1S/C19H24ClN3O/c1-13-7-9-23(10-8-13)14(2)12-21-19(24)16-3-5-17-15(11-16)4-6-18(20)22-17/h3-6,11,13-14H,7-10,12H2,1-2H3,(H,21,24). The monoisotopic (exact) mass is 345 g/mol. The van der Waals surface area contributed by atoms with Crippen LogP contribution in [0.4, 0.5) is 0 Å². The third-order valence-electron chi connectivity index (χ3n) is 4.92. The van der Waals surface area contributed by atoms with Crippen LogP contribution in [0.2, 0.25) is 5.15 Å². The predicted molar refractivity (Wildman–Crippen MR) is 98.5 cm³/mol. The van der Waals surface area contributed by atoms with Crippen molar-refractivity contribution in [3.05, 3.63) is 41.0 Å². The summed E-state index contributed by atoms with van der Waals surface area (Å²) in [5, 5.41) is 4.44. The fourth-order valence-electron chi connectivity index (χ4n) is 3.18. The lowest BCUT2D eigenvalue weighted by molar-refractivity contribution is 0.0922. The second-order valence-electron chi connectivity index (χ2n) is 6.82. The lowest BCUT2D eigenvalue weighted by atomic mass is 9.98. The number of pyridine rings is 1. The summed E-state index contributed by atoms with van der Waals surface area (Å²) in [6, 6.07) is 9.49. The van der Waals surface area contributed by atoms with Crippen LogP contribution in [0.3, 0.4) is 0 Å². The highest BCUT2D eigenvalue weighted by atomic mass is 35.5. The number of carbonyl (C=O) groups is 1. The van der Waals surface area contributed by atoms with Crippen LogP contribution in [-0.2, 0) is 0 Å². The number of likely N-dealkylation sites (tertiary alicyclic amines) is 1. The van der Waals surface area contributed by atoms with Crippen LogP contribution in [0.15, 0.2) is 30.3 Å². The molecular formula is C19H24ClN3O. The number of piperidine rings is 1. The number of aromatic nitrogens is 1. The lowest BCUT2D eigenvalue weighted by Gasteiger charge is -2.35. The molecule has 0 saturated carbocycles. The third kappa shape index (κ3) is 4.05. The van der Waals surface area contributed by atoms with Gasteiger partial charge in [0.05, 0.1) is 5.52 Å². The van der Waals surface area contributed by atoms with Crippen molar-refractivity contribution >= 4 is 28.4 Å². The molecule has 0 spiro atoms. The molecule has 3 rings (SSSR count). The number of benzene rings is 1. The van der Waals surface area contributed by atoms with E-state index in [-0.39, 0.29) is 5.91 Å². The zero-order valence-electron chi connectivity index (χ0n) is 14.3. The zero-order valence-corrected chi connectivity index (χ0v) is 15.0. The fraction of sp³-hybridized carbons (Fsp3) is 0.474. The zero-order chi connectivity index (χ0) is 17.1. The van der Waals surface area contributed by atoms with Gasteiger partial charge in [-0.1, -0.05) is 18.5 Å². The molecule has 1 amide bonds. The molecule has 2 aromatic rings. The first-order valence-corrected chi connectivity index (χ1v) is 8.99. The predicted octanol–water partition coefficient (Wildman–Crippen LogP) is 3.74. The average molecular weight is 346 g/mol. The van der Waals surface area contributed by atoms with Crippen LogP contribution >= 0.6 is 11.6 Å². The Morgan fingerprint density at radius 3 is 2.83 bits per heavy atom. The van der Waals surface area contributed by atoms with E-state index in [9.17, 15) is 4.79 Å². The smallest absolute Gasteiger partial charge is 0.251 e. The molecule has 1 saturated heterocycles. The van der Waals surface area contributed by atoms with Crippen molar-refractivity contribution in [2.75, 3.05) is 19.6 Å². The summed E-state index contributed by atoms with van der Waals surface area (Å²) < 4.78 is 0. The summed E-state index contributed by atoms with van der Waals surface area (Å²) in [6.45, 7) is 7.42. The summed E-state index contributed by atoms with van der Waals surface area (Å²) in [6.07, 6.45) is 2.50. The Morgan fingerprint density at radius 1 is 1.33 bits per heavy atom. The normalized spacial score (nSPS) is 17.8. The number of halogens is 1. The number of nitrogens with zero attached hydrogens (tertiary/aromatic N) is 2. The number of rotatable bonds is 4. The number of hydrogen-bond acceptors (Lipinski definition) is 3. The second-order valence-corrected chi connectivity index (χ2v) is 7.21. The van der Waals surface area contributed by atoms with Crippen molar-refractivity contribution in [1.29, 1.82) is 0 Å². The van der Waals surface area contributed by atoms with Crippen LogP contribution in [-0.4, -0.2) is 41.5 Å². The van der Waals surface area contributed by atoms with Crippen LogP contribution in [0, 0.1) is 5.92 Å². The Bertz CT molecular complexity index is 726. The molecule has 1 aromatic heterocycles. The van der Waals surface area contributed by atoms with Crippen molar-refractivity contribution in [2.24, 2.45) is 5.92 Å². The van der Waals surface area contributed by atoms with Crippen molar-refractivity contribution in [1.82, 2.24) is 15.2 Å². The molecule has 1 aliphatic rings. The molecule has 1 atom stereocenters. The van der Waals surface area contributed by atoms with Gasteiger partial charge < -0.3 is 5.32 Å². The van der Waals surface area contributed by atoms with Gasteiger partial charge in [-0.3, -0.25) is 9.69 Å². The number of nitrogens with one attached hydrogen (secondary N) is 1. The molecule has 5 heteroatoms. The van der Waals surface area contributed by atoms with Gasteiger partial charge in [-0.25, -0.2) is 4.98 Å². The van der Waals surface area contributed by atoms with Crippen molar-refractivity contribution in [2.45, 2.75) is 32.7 Å². The maximum Gasteiger partial charge on any atom is 0.251 e. The molecule has 1 aliphatic heterocycles. The summed E-state index contributed by atoms with van der Waals surface area (Å²) >= 11 is 5.89. The van der Waals surface area contributed by atoms with Gasteiger partial charge in [0.25, 0.3) is 5.91 Å². The Balaban J connectivity index is 1.59. The van der Waals surface area contributed by atoms with Crippen LogP contribution in [0.1, 0.15) is 37.0 Å². The van der Waals surface area contributed by atoms with Gasteiger partial charge in [0.2, 0.25) is 0 Å². The van der Waals surface area contributed by atoms with E-state index in [4.69, 9.17) is 11.6 Å². The van der Waals surface area contributed by atoms with Crippen LogP contribution in [0.25, 0.3) is 10.9 Å². The van der Waals surface area contributed by atoms with Gasteiger partial charge >= 0.3 is 0 Å². The van der Waals surface area contributed by atoms with Gasteiger partial charge in [0.1, 0.15) is 5.15 Å². The fourth-order valence-corrected chi connectivity index (χ4v) is 3.34. The Kier molecular flexibility index (Phi) is 5.36. The summed E-state index contributed by atoms with van der Waals surface area (Å²) in [7, 11) is 0. The molecule has 1 unspecified atom stereocenters. The first kappa shape index (κ1) is 17.2. The summed E-state index contributed by atoms with van der Waals surface area (Å²) in [5.41, 5.74) is 1.46. The molecule has 0 aliphatic carbocycles. The van der Waals surface area contributed by atoms with E-state index in [1.807, 2.05) is 18.2 Å². The number of carbonyl (C=O) groups excluding carboxylic acids is 1. The highest BCUT2D eigenvalue weighted by molar-refractivity contribution is 6.29. The molecule has 4 nitrogen and oxygen atoms in total. The molecule has 0 bridgehead atoms. The maximum atomic E-state index is 12.4. The van der Waals surface area contributed by atoms with E-state index in [0.29, 0.717) is 23.3 Å². The van der Waals surface area contributed by atoms with Crippen molar-refractivity contribution in [3.8, 4) is 0 Å². The van der Waals surface area contributed by atoms with Crippen LogP contribution < -0.4 is 5.32 Å². The van der Waals surface area contributed by atoms with Gasteiger partial charge in [-0.05, 0) is 69.1 Å². The van der Waals surface area contributed by atoms with Gasteiger partial charge in [-0.2, -0.15) is 0 Å². The van der Waals surface area contributed by atoms with E-state index in [0.717, 1.165) is 29.9 Å². The van der Waals surface area contributed by atoms with Crippen molar-refractivity contribution in [3.63, 3.8) is 0 Å². The lowest BCUT2D eigenvalue weighted by Crippen LogP contribution is -2.45. The molecule has 1 fully saturated rings. The first-order valence-electron chi connectivity index (χ1n) is 8.61. The maximum absolute atomic E-state index is 12.4. The minimum absolute atomic E-state index is 0.0379. The molecule has 128 valence electrons. The Hall–Kier alpha value is -1.65. The van der Waals surface area contributed by atoms with Crippen molar-refractivity contribution < 1.29 is 4.79 Å². The van der Waals surface area contributed by atoms with E-state index in [2.05, 4.69) is 29.0 Å². The molecule has 24 heavy (non-hydrogen) atoms. The number of fused-ring (bicyclic) bond motifs is 1. The highest BCUT2D eigenvalue weighted by Crippen LogP contribution is 2.19. The molecule has 0 radical (unpaired) electrons. The first-order chi connectivity index (χ1) is 11.5. The van der Waals surface area contributed by atoms with E-state index < -0.39 is 0 Å². The molecular weight excluding hydrogens is 322 g/mol. The van der Waals surface area contributed by atoms with E-state index in [1.165, 1.54) is 12.8 Å². The second kappa shape index (κ2) is 7.49. The highest BCUT2D eigenvalue weighted by Gasteiger charge is 2.20. The SMILES string of the molecule is CC1CCN(C(C)CNC(=O)c2ccc3nc(Cl)ccc3c2)CC1. The van der Waals surface area contributed by atoms with Crippen LogP contribution in [0.5, 0.6) is 0 Å². The average Bonchev–Trinajstić information content (AvgIpc) is 2.59. The Morgan fingerprint density at radius 2 is 2.08 bits per heavy atom. The molecule has 1 N–H and O–H groups in total. The quantitative estimate of drug-likeness (QED) is 0.858. The largest absolute Gasteiger partial charge is 0.350 e. The summed E-state index contributed by atoms with van der Waals surface area (Å²) in [4.78, 5) is 19.1. The van der Waals surface area contributed by atoms with Gasteiger partial charge in [0.15, 0.2) is 0 Å². The van der Waals surface area contributed by atoms with E-state index in [1.54, 1.807) is 12.1 Å². The minimum Gasteiger partial charge on any atom is -0.350 e. The topological polar surface area (TPSA) is 45.2 Å². The molecule has 2 heterocycles. The Labute approximate surface area is 148 Å². The number of amides is 1. The third-order valence-corrected chi connectivity index (χ3v) is 5.13. The van der Waals surface area contributed by atoms with Gasteiger partial charge in [0, 0.05) is 23.5 Å². The molecule has 1 aromatic carbocycles. The number of hydrogen-bond donors (Lipinski definition) is 1.